The summed E-state index contributed by atoms with van der Waals surface area (Å²) in [4.78, 5) is 20.1. The zero-order valence-electron chi connectivity index (χ0n) is 10.5. The van der Waals surface area contributed by atoms with E-state index in [1.54, 1.807) is 6.92 Å². The van der Waals surface area contributed by atoms with E-state index in [2.05, 4.69) is 30.5 Å². The highest BCUT2D eigenvalue weighted by Gasteiger charge is 2.09. The second-order valence-electron chi connectivity index (χ2n) is 4.98. The van der Waals surface area contributed by atoms with Gasteiger partial charge in [-0.15, -0.1) is 0 Å². The van der Waals surface area contributed by atoms with E-state index in [4.69, 9.17) is 0 Å². The number of carbonyl (C=O) groups excluding carboxylic acids is 1. The maximum absolute atomic E-state index is 11.0. The Bertz CT molecular complexity index is 170. The van der Waals surface area contributed by atoms with Crippen LogP contribution in [0.1, 0.15) is 59.8 Å². The average molecular weight is 216 g/mol. The van der Waals surface area contributed by atoms with Crippen LogP contribution in [0.3, 0.4) is 0 Å². The van der Waals surface area contributed by atoms with Crippen molar-refractivity contribution < 1.29 is 14.6 Å². The van der Waals surface area contributed by atoms with Crippen LogP contribution < -0.4 is 0 Å². The molecule has 15 heavy (non-hydrogen) atoms. The summed E-state index contributed by atoms with van der Waals surface area (Å²) >= 11 is 0. The monoisotopic (exact) mass is 216 g/mol. The second-order valence-corrected chi connectivity index (χ2v) is 4.98. The molecule has 0 aromatic carbocycles. The van der Waals surface area contributed by atoms with Crippen LogP contribution in [0.4, 0.5) is 0 Å². The summed E-state index contributed by atoms with van der Waals surface area (Å²) in [6.07, 6.45) is 4.81. The van der Waals surface area contributed by atoms with Gasteiger partial charge in [-0.25, -0.2) is 4.79 Å². The van der Waals surface area contributed by atoms with Crippen molar-refractivity contribution in [1.82, 2.24) is 0 Å². The first-order valence-corrected chi connectivity index (χ1v) is 5.78. The number of rotatable bonds is 7. The van der Waals surface area contributed by atoms with Gasteiger partial charge in [0.2, 0.25) is 0 Å². The van der Waals surface area contributed by atoms with Crippen LogP contribution in [0.2, 0.25) is 0 Å². The van der Waals surface area contributed by atoms with Gasteiger partial charge in [-0.05, 0) is 25.2 Å². The number of hydrogen-bond donors (Lipinski definition) is 0. The Kier molecular flexibility index (Phi) is 7.39. The van der Waals surface area contributed by atoms with E-state index >= 15 is 0 Å². The highest BCUT2D eigenvalue weighted by Crippen LogP contribution is 2.22. The van der Waals surface area contributed by atoms with Crippen molar-refractivity contribution in [3.63, 3.8) is 0 Å². The molecule has 0 spiro atoms. The molecule has 0 N–H and O–H groups in total. The van der Waals surface area contributed by atoms with E-state index in [9.17, 15) is 4.79 Å². The lowest BCUT2D eigenvalue weighted by atomic mass is 9.89. The molecular weight excluding hydrogens is 192 g/mol. The summed E-state index contributed by atoms with van der Waals surface area (Å²) in [5.41, 5.74) is 0.395. The normalized spacial score (nSPS) is 11.5. The summed E-state index contributed by atoms with van der Waals surface area (Å²) in [5.74, 6) is -0.257. The van der Waals surface area contributed by atoms with Crippen molar-refractivity contribution >= 4 is 5.97 Å². The molecule has 0 heterocycles. The van der Waals surface area contributed by atoms with Crippen molar-refractivity contribution in [2.45, 2.75) is 59.8 Å². The van der Waals surface area contributed by atoms with E-state index in [1.165, 1.54) is 12.8 Å². The lowest BCUT2D eigenvalue weighted by Gasteiger charge is -2.17. The summed E-state index contributed by atoms with van der Waals surface area (Å²) in [6.45, 7) is 8.90. The smallest absolute Gasteiger partial charge is 0.298 e. The average Bonchev–Trinajstić information content (AvgIpc) is 2.12. The Labute approximate surface area is 93.1 Å². The van der Waals surface area contributed by atoms with Crippen LogP contribution in [-0.2, 0) is 14.6 Å². The molecule has 0 saturated carbocycles. The molecule has 0 bridgehead atoms. The highest BCUT2D eigenvalue weighted by atomic mass is 17.2. The van der Waals surface area contributed by atoms with Crippen LogP contribution in [-0.4, -0.2) is 12.6 Å². The van der Waals surface area contributed by atoms with Gasteiger partial charge < -0.3 is 0 Å². The Morgan fingerprint density at radius 1 is 1.13 bits per heavy atom. The van der Waals surface area contributed by atoms with E-state index in [1.807, 2.05) is 0 Å². The molecule has 3 heteroatoms. The van der Waals surface area contributed by atoms with Gasteiger partial charge in [0.05, 0.1) is 6.61 Å². The van der Waals surface area contributed by atoms with Gasteiger partial charge in [-0.1, -0.05) is 33.6 Å². The molecular formula is C12H24O3. The zero-order chi connectivity index (χ0) is 11.7. The Morgan fingerprint density at radius 3 is 2.33 bits per heavy atom. The molecule has 0 unspecified atom stereocenters. The third kappa shape index (κ3) is 11.4. The molecule has 3 nitrogen and oxygen atoms in total. The van der Waals surface area contributed by atoms with E-state index in [0.29, 0.717) is 18.4 Å². The largest absolute Gasteiger partial charge is 0.342 e. The van der Waals surface area contributed by atoms with Crippen molar-refractivity contribution in [3.05, 3.63) is 0 Å². The number of unbranched alkanes of at least 4 members (excludes halogenated alkanes) is 2. The lowest BCUT2D eigenvalue weighted by molar-refractivity contribution is -0.269. The Hall–Kier alpha value is -0.570. The first-order valence-electron chi connectivity index (χ1n) is 5.78. The molecule has 0 amide bonds. The molecule has 0 aromatic heterocycles. The van der Waals surface area contributed by atoms with Crippen molar-refractivity contribution in [2.24, 2.45) is 5.41 Å². The summed E-state index contributed by atoms with van der Waals surface area (Å²) in [7, 11) is 0. The van der Waals surface area contributed by atoms with Crippen molar-refractivity contribution in [2.75, 3.05) is 6.61 Å². The molecule has 0 atom stereocenters. The van der Waals surface area contributed by atoms with Gasteiger partial charge in [0.1, 0.15) is 0 Å². The van der Waals surface area contributed by atoms with Crippen molar-refractivity contribution in [3.8, 4) is 0 Å². The van der Waals surface area contributed by atoms with E-state index < -0.39 is 0 Å². The van der Waals surface area contributed by atoms with Gasteiger partial charge in [0.15, 0.2) is 0 Å². The molecule has 0 radical (unpaired) electrons. The summed E-state index contributed by atoms with van der Waals surface area (Å²) in [6, 6.07) is 0. The SMILES string of the molecule is CCOOC(=O)CCCCCC(C)(C)C. The molecule has 0 aliphatic rings. The fourth-order valence-corrected chi connectivity index (χ4v) is 1.27. The predicted molar refractivity (Wildman–Crippen MR) is 60.3 cm³/mol. The molecule has 90 valence electrons. The zero-order valence-corrected chi connectivity index (χ0v) is 10.5. The van der Waals surface area contributed by atoms with Crippen LogP contribution in [0.15, 0.2) is 0 Å². The maximum Gasteiger partial charge on any atom is 0.342 e. The number of hydrogen-bond acceptors (Lipinski definition) is 3. The van der Waals surface area contributed by atoms with Gasteiger partial charge in [0, 0.05) is 6.42 Å². The molecule has 0 aliphatic carbocycles. The first-order chi connectivity index (χ1) is 6.95. The highest BCUT2D eigenvalue weighted by molar-refractivity contribution is 5.68. The van der Waals surface area contributed by atoms with Crippen LogP contribution in [0.25, 0.3) is 0 Å². The second kappa shape index (κ2) is 7.69. The predicted octanol–water partition coefficient (Wildman–Crippen LogP) is 3.48. The molecule has 0 aromatic rings. The number of carbonyl (C=O) groups is 1. The third-order valence-corrected chi connectivity index (χ3v) is 2.08. The fraction of sp³-hybridized carbons (Fsp3) is 0.917. The van der Waals surface area contributed by atoms with Crippen LogP contribution in [0.5, 0.6) is 0 Å². The topological polar surface area (TPSA) is 35.5 Å². The maximum atomic E-state index is 11.0. The molecule has 0 fully saturated rings. The molecule has 0 rings (SSSR count). The molecule has 0 saturated heterocycles. The third-order valence-electron chi connectivity index (χ3n) is 2.08. The summed E-state index contributed by atoms with van der Waals surface area (Å²) < 4.78 is 0. The van der Waals surface area contributed by atoms with Gasteiger partial charge in [-0.2, -0.15) is 4.89 Å². The molecule has 0 aliphatic heterocycles. The standard InChI is InChI=1S/C12H24O3/c1-5-14-15-11(13)9-7-6-8-10-12(2,3)4/h5-10H2,1-4H3. The first kappa shape index (κ1) is 14.4. The van der Waals surface area contributed by atoms with E-state index in [0.717, 1.165) is 12.8 Å². The Morgan fingerprint density at radius 2 is 1.80 bits per heavy atom. The van der Waals surface area contributed by atoms with Crippen LogP contribution in [0, 0.1) is 5.41 Å². The minimum absolute atomic E-state index is 0.257. The minimum Gasteiger partial charge on any atom is -0.298 e. The van der Waals surface area contributed by atoms with Gasteiger partial charge in [0.25, 0.3) is 0 Å². The quantitative estimate of drug-likeness (QED) is 0.371. The van der Waals surface area contributed by atoms with E-state index in [-0.39, 0.29) is 5.97 Å². The minimum atomic E-state index is -0.257. The fourth-order valence-electron chi connectivity index (χ4n) is 1.27. The van der Waals surface area contributed by atoms with Crippen molar-refractivity contribution in [1.29, 1.82) is 0 Å². The van der Waals surface area contributed by atoms with Crippen LogP contribution >= 0.6 is 0 Å². The summed E-state index contributed by atoms with van der Waals surface area (Å²) in [5, 5.41) is 0. The Balaban J connectivity index is 3.27. The van der Waals surface area contributed by atoms with Gasteiger partial charge >= 0.3 is 5.97 Å². The lowest BCUT2D eigenvalue weighted by Crippen LogP contribution is -2.06. The van der Waals surface area contributed by atoms with Gasteiger partial charge in [-0.3, -0.25) is 4.89 Å².